The Morgan fingerprint density at radius 3 is 2.91 bits per heavy atom. The molecular formula is C9H11NO. The lowest BCUT2D eigenvalue weighted by atomic mass is 9.94. The van der Waals surface area contributed by atoms with Crippen LogP contribution in [0.1, 0.15) is 12.8 Å². The Kier molecular flexibility index (Phi) is 1.63. The van der Waals surface area contributed by atoms with Crippen LogP contribution in [0, 0.1) is 17.8 Å². The minimum absolute atomic E-state index is 0.631. The lowest BCUT2D eigenvalue weighted by molar-refractivity contribution is 0.458. The molecule has 3 atom stereocenters. The minimum Gasteiger partial charge on any atom is -0.211 e. The summed E-state index contributed by atoms with van der Waals surface area (Å²) in [4.78, 5) is 13.5. The maximum Gasteiger partial charge on any atom is 0.234 e. The van der Waals surface area contributed by atoms with Crippen LogP contribution in [0.4, 0.5) is 0 Å². The van der Waals surface area contributed by atoms with Crippen LogP contribution in [0.5, 0.6) is 0 Å². The molecule has 2 rings (SSSR count). The smallest absolute Gasteiger partial charge is 0.211 e. The van der Waals surface area contributed by atoms with E-state index < -0.39 is 0 Å². The predicted molar refractivity (Wildman–Crippen MR) is 41.8 cm³/mol. The molecule has 0 aliphatic heterocycles. The molecule has 0 amide bonds. The van der Waals surface area contributed by atoms with Gasteiger partial charge in [-0.3, -0.25) is 0 Å². The number of fused-ring (bicyclic) bond motifs is 2. The van der Waals surface area contributed by atoms with Gasteiger partial charge >= 0.3 is 0 Å². The van der Waals surface area contributed by atoms with Crippen LogP contribution >= 0.6 is 0 Å². The predicted octanol–water partition coefficient (Wildman–Crippen LogP) is 1.53. The molecule has 0 aromatic heterocycles. The van der Waals surface area contributed by atoms with Crippen molar-refractivity contribution in [2.45, 2.75) is 12.8 Å². The number of nitrogens with zero attached hydrogens (tertiary/aromatic N) is 1. The quantitative estimate of drug-likeness (QED) is 0.332. The highest BCUT2D eigenvalue weighted by molar-refractivity contribution is 5.33. The van der Waals surface area contributed by atoms with Crippen LogP contribution in [0.3, 0.4) is 0 Å². The SMILES string of the molecule is O=C=NCC1CC2C=CC1C2. The van der Waals surface area contributed by atoms with Gasteiger partial charge in [0.2, 0.25) is 6.08 Å². The van der Waals surface area contributed by atoms with Gasteiger partial charge in [-0.2, -0.15) is 0 Å². The summed E-state index contributed by atoms with van der Waals surface area (Å²) in [5.74, 6) is 2.12. The number of hydrogen-bond donors (Lipinski definition) is 0. The fourth-order valence-corrected chi connectivity index (χ4v) is 2.26. The zero-order chi connectivity index (χ0) is 7.68. The first-order valence-corrected chi connectivity index (χ1v) is 4.12. The molecule has 0 spiro atoms. The summed E-state index contributed by atoms with van der Waals surface area (Å²) in [6.07, 6.45) is 8.70. The van der Waals surface area contributed by atoms with E-state index in [2.05, 4.69) is 17.1 Å². The molecule has 2 aliphatic rings. The van der Waals surface area contributed by atoms with E-state index in [1.54, 1.807) is 6.08 Å². The van der Waals surface area contributed by atoms with Crippen molar-refractivity contribution in [1.29, 1.82) is 0 Å². The lowest BCUT2D eigenvalue weighted by Crippen LogP contribution is -2.09. The molecule has 0 heterocycles. The molecule has 0 N–H and O–H groups in total. The van der Waals surface area contributed by atoms with Crippen molar-refractivity contribution in [1.82, 2.24) is 0 Å². The number of aliphatic imine (C=N–C) groups is 1. The van der Waals surface area contributed by atoms with Crippen molar-refractivity contribution < 1.29 is 4.79 Å². The van der Waals surface area contributed by atoms with Gasteiger partial charge in [0.15, 0.2) is 0 Å². The van der Waals surface area contributed by atoms with Crippen molar-refractivity contribution in [3.63, 3.8) is 0 Å². The van der Waals surface area contributed by atoms with Crippen LogP contribution in [-0.4, -0.2) is 12.6 Å². The van der Waals surface area contributed by atoms with Crippen LogP contribution in [0.25, 0.3) is 0 Å². The molecule has 11 heavy (non-hydrogen) atoms. The largest absolute Gasteiger partial charge is 0.234 e. The highest BCUT2D eigenvalue weighted by atomic mass is 16.1. The summed E-state index contributed by atoms with van der Waals surface area (Å²) in [6.45, 7) is 0.689. The normalized spacial score (nSPS) is 39.1. The van der Waals surface area contributed by atoms with Gasteiger partial charge in [0.1, 0.15) is 0 Å². The summed E-state index contributed by atoms with van der Waals surface area (Å²) < 4.78 is 0. The first kappa shape index (κ1) is 6.81. The van der Waals surface area contributed by atoms with Gasteiger partial charge in [-0.1, -0.05) is 12.2 Å². The Labute approximate surface area is 66.0 Å². The highest BCUT2D eigenvalue weighted by Crippen LogP contribution is 2.43. The lowest BCUT2D eigenvalue weighted by Gasteiger charge is -2.13. The molecular weight excluding hydrogens is 138 g/mol. The second-order valence-electron chi connectivity index (χ2n) is 3.47. The molecule has 1 fully saturated rings. The Morgan fingerprint density at radius 2 is 2.36 bits per heavy atom. The highest BCUT2D eigenvalue weighted by Gasteiger charge is 2.35. The molecule has 2 aliphatic carbocycles. The molecule has 2 bridgehead atoms. The second kappa shape index (κ2) is 2.63. The first-order valence-electron chi connectivity index (χ1n) is 4.12. The molecule has 0 aromatic rings. The van der Waals surface area contributed by atoms with Gasteiger partial charge in [0, 0.05) is 0 Å². The van der Waals surface area contributed by atoms with E-state index in [1.807, 2.05) is 0 Å². The molecule has 58 valence electrons. The zero-order valence-electron chi connectivity index (χ0n) is 6.36. The molecule has 0 aromatic carbocycles. The number of hydrogen-bond acceptors (Lipinski definition) is 2. The van der Waals surface area contributed by atoms with Gasteiger partial charge in [-0.05, 0) is 30.6 Å². The van der Waals surface area contributed by atoms with Crippen LogP contribution in [0.15, 0.2) is 17.1 Å². The summed E-state index contributed by atoms with van der Waals surface area (Å²) in [5, 5.41) is 0. The summed E-state index contributed by atoms with van der Waals surface area (Å²) >= 11 is 0. The average molecular weight is 149 g/mol. The number of rotatable bonds is 2. The van der Waals surface area contributed by atoms with Crippen molar-refractivity contribution in [3.05, 3.63) is 12.2 Å². The summed E-state index contributed by atoms with van der Waals surface area (Å²) in [7, 11) is 0. The Morgan fingerprint density at radius 1 is 1.45 bits per heavy atom. The van der Waals surface area contributed by atoms with Crippen molar-refractivity contribution in [2.24, 2.45) is 22.7 Å². The monoisotopic (exact) mass is 149 g/mol. The Balaban J connectivity index is 1.98. The number of isocyanates is 1. The summed E-state index contributed by atoms with van der Waals surface area (Å²) in [6, 6.07) is 0. The van der Waals surface area contributed by atoms with E-state index in [0.717, 1.165) is 5.92 Å². The van der Waals surface area contributed by atoms with E-state index in [0.29, 0.717) is 18.4 Å². The van der Waals surface area contributed by atoms with E-state index in [4.69, 9.17) is 0 Å². The van der Waals surface area contributed by atoms with Gasteiger partial charge in [-0.25, -0.2) is 9.79 Å². The third-order valence-electron chi connectivity index (χ3n) is 2.81. The second-order valence-corrected chi connectivity index (χ2v) is 3.47. The topological polar surface area (TPSA) is 29.4 Å². The maximum absolute atomic E-state index is 9.86. The van der Waals surface area contributed by atoms with Crippen molar-refractivity contribution in [2.75, 3.05) is 6.54 Å². The van der Waals surface area contributed by atoms with E-state index >= 15 is 0 Å². The molecule has 3 unspecified atom stereocenters. The van der Waals surface area contributed by atoms with Crippen LogP contribution < -0.4 is 0 Å². The van der Waals surface area contributed by atoms with Crippen molar-refractivity contribution in [3.8, 4) is 0 Å². The van der Waals surface area contributed by atoms with E-state index in [1.165, 1.54) is 12.8 Å². The third kappa shape index (κ3) is 1.14. The maximum atomic E-state index is 9.86. The molecule has 0 radical (unpaired) electrons. The van der Waals surface area contributed by atoms with Gasteiger partial charge in [0.25, 0.3) is 0 Å². The average Bonchev–Trinajstić information content (AvgIpc) is 2.60. The Bertz CT molecular complexity index is 228. The third-order valence-corrected chi connectivity index (χ3v) is 2.81. The van der Waals surface area contributed by atoms with Gasteiger partial charge in [0.05, 0.1) is 6.54 Å². The Hall–Kier alpha value is -0.880. The first-order chi connectivity index (χ1) is 5.40. The molecule has 2 heteroatoms. The fourth-order valence-electron chi connectivity index (χ4n) is 2.26. The summed E-state index contributed by atoms with van der Waals surface area (Å²) in [5.41, 5.74) is 0. The van der Waals surface area contributed by atoms with Gasteiger partial charge in [-0.15, -0.1) is 0 Å². The standard InChI is InChI=1S/C9H11NO/c11-6-10-5-9-4-7-1-2-8(9)3-7/h1-2,7-9H,3-5H2. The van der Waals surface area contributed by atoms with E-state index in [9.17, 15) is 4.79 Å². The molecule has 2 nitrogen and oxygen atoms in total. The van der Waals surface area contributed by atoms with Gasteiger partial charge < -0.3 is 0 Å². The van der Waals surface area contributed by atoms with Crippen molar-refractivity contribution >= 4 is 6.08 Å². The molecule has 0 saturated heterocycles. The number of carbonyl (C=O) groups excluding carboxylic acids is 1. The minimum atomic E-state index is 0.631. The number of allylic oxidation sites excluding steroid dienone is 2. The van der Waals surface area contributed by atoms with E-state index in [-0.39, 0.29) is 0 Å². The zero-order valence-corrected chi connectivity index (χ0v) is 6.36. The van der Waals surface area contributed by atoms with Crippen LogP contribution in [-0.2, 0) is 4.79 Å². The molecule has 1 saturated carbocycles. The van der Waals surface area contributed by atoms with Crippen LogP contribution in [0.2, 0.25) is 0 Å². The fraction of sp³-hybridized carbons (Fsp3) is 0.667.